The van der Waals surface area contributed by atoms with Crippen LogP contribution in [0.15, 0.2) is 42.1 Å². The van der Waals surface area contributed by atoms with Crippen molar-refractivity contribution in [2.24, 2.45) is 0 Å². The predicted octanol–water partition coefficient (Wildman–Crippen LogP) is 4.17. The van der Waals surface area contributed by atoms with Crippen molar-refractivity contribution in [3.05, 3.63) is 62.4 Å². The molecule has 1 fully saturated rings. The molecule has 0 spiro atoms. The van der Waals surface area contributed by atoms with Crippen molar-refractivity contribution in [2.45, 2.75) is 13.5 Å². The molecule has 0 atom stereocenters. The Morgan fingerprint density at radius 1 is 1.30 bits per heavy atom. The summed E-state index contributed by atoms with van der Waals surface area (Å²) in [7, 11) is 3.35. The minimum atomic E-state index is -0.118. The van der Waals surface area contributed by atoms with Crippen LogP contribution in [0.4, 0.5) is 0 Å². The summed E-state index contributed by atoms with van der Waals surface area (Å²) in [6.07, 6.45) is 1.80. The number of nitriles is 1. The van der Waals surface area contributed by atoms with Gasteiger partial charge in [0.05, 0.1) is 22.3 Å². The molecule has 1 amide bonds. The van der Waals surface area contributed by atoms with Gasteiger partial charge < -0.3 is 14.4 Å². The van der Waals surface area contributed by atoms with Gasteiger partial charge in [-0.15, -0.1) is 0 Å². The van der Waals surface area contributed by atoms with Crippen LogP contribution in [0.3, 0.4) is 0 Å². The zero-order valence-electron chi connectivity index (χ0n) is 16.8. The van der Waals surface area contributed by atoms with Crippen LogP contribution < -0.4 is 9.47 Å². The Kier molecular flexibility index (Phi) is 6.95. The molecule has 2 aromatic carbocycles. The van der Waals surface area contributed by atoms with Gasteiger partial charge in [-0.05, 0) is 71.6 Å². The molecule has 3 rings (SSSR count). The van der Waals surface area contributed by atoms with Gasteiger partial charge in [0.15, 0.2) is 16.6 Å². The lowest BCUT2D eigenvalue weighted by Crippen LogP contribution is -2.30. The molecular weight excluding hydrogens is 513 g/mol. The highest BCUT2D eigenvalue weighted by molar-refractivity contribution is 14.1. The highest BCUT2D eigenvalue weighted by Gasteiger charge is 2.34. The number of carbonyl (C=O) groups is 1. The van der Waals surface area contributed by atoms with E-state index in [2.05, 4.69) is 28.7 Å². The van der Waals surface area contributed by atoms with E-state index in [9.17, 15) is 10.1 Å². The van der Waals surface area contributed by atoms with Crippen LogP contribution in [0.5, 0.6) is 11.5 Å². The molecule has 2 aromatic rings. The summed E-state index contributed by atoms with van der Waals surface area (Å²) in [5.41, 5.74) is 2.69. The predicted molar refractivity (Wildman–Crippen MR) is 127 cm³/mol. The first kappa shape index (κ1) is 22.1. The third-order valence-electron chi connectivity index (χ3n) is 4.72. The molecule has 0 aromatic heterocycles. The van der Waals surface area contributed by atoms with Crippen LogP contribution in [-0.2, 0) is 11.4 Å². The smallest absolute Gasteiger partial charge is 0.276 e. The molecule has 0 aliphatic carbocycles. The van der Waals surface area contributed by atoms with Gasteiger partial charge in [0.25, 0.3) is 5.91 Å². The van der Waals surface area contributed by atoms with Crippen LogP contribution in [0.2, 0.25) is 0 Å². The molecule has 0 N–H and O–H groups in total. The third-order valence-corrected chi connectivity index (χ3v) is 6.02. The molecule has 1 saturated heterocycles. The quantitative estimate of drug-likeness (QED) is 0.316. The molecule has 8 heteroatoms. The fourth-order valence-corrected chi connectivity index (χ4v) is 4.21. The van der Waals surface area contributed by atoms with Crippen LogP contribution in [0.1, 0.15) is 23.6 Å². The summed E-state index contributed by atoms with van der Waals surface area (Å²) in [5.74, 6) is 1.02. The minimum absolute atomic E-state index is 0.118. The average Bonchev–Trinajstić information content (AvgIpc) is 2.95. The monoisotopic (exact) mass is 533 g/mol. The Morgan fingerprint density at radius 3 is 2.67 bits per heavy atom. The molecule has 1 aliphatic heterocycles. The van der Waals surface area contributed by atoms with E-state index < -0.39 is 0 Å². The highest BCUT2D eigenvalue weighted by Crippen LogP contribution is 2.36. The van der Waals surface area contributed by atoms with E-state index in [1.165, 1.54) is 0 Å². The van der Waals surface area contributed by atoms with E-state index in [0.717, 1.165) is 14.7 Å². The molecule has 0 bridgehead atoms. The number of nitrogens with zero attached hydrogens (tertiary/aromatic N) is 3. The first-order valence-corrected chi connectivity index (χ1v) is 10.7. The zero-order valence-corrected chi connectivity index (χ0v) is 19.8. The highest BCUT2D eigenvalue weighted by atomic mass is 127. The summed E-state index contributed by atoms with van der Waals surface area (Å²) < 4.78 is 12.4. The third kappa shape index (κ3) is 4.27. The van der Waals surface area contributed by atoms with E-state index in [1.807, 2.05) is 37.3 Å². The van der Waals surface area contributed by atoms with Crippen LogP contribution >= 0.6 is 34.8 Å². The maximum absolute atomic E-state index is 12.6. The molecular formula is C22H20IN3O3S. The Morgan fingerprint density at radius 2 is 2.03 bits per heavy atom. The Hall–Kier alpha value is -2.64. The largest absolute Gasteiger partial charge is 0.493 e. The SMILES string of the molecule is CCN1C(=O)/C(=C/c2cc(I)c(OCc3ccccc3C#N)c(OC)c2)N(C)C1=S. The molecule has 1 heterocycles. The standard InChI is InChI=1S/C22H20IN3O3S/c1-4-26-21(27)18(25(2)22(26)30)10-14-9-17(23)20(19(11-14)28-3)29-13-16-8-6-5-7-15(16)12-24/h5-11H,4,13H2,1-3H3/b18-10-. The lowest BCUT2D eigenvalue weighted by Gasteiger charge is -2.15. The number of likely N-dealkylation sites (N-methyl/N-ethyl adjacent to an activating group) is 2. The molecule has 30 heavy (non-hydrogen) atoms. The normalized spacial score (nSPS) is 15.0. The molecule has 1 aliphatic rings. The van der Waals surface area contributed by atoms with Crippen LogP contribution in [-0.4, -0.2) is 41.5 Å². The van der Waals surface area contributed by atoms with Gasteiger partial charge in [-0.2, -0.15) is 5.26 Å². The summed E-state index contributed by atoms with van der Waals surface area (Å²) in [4.78, 5) is 15.9. The Labute approximate surface area is 194 Å². The van der Waals surface area contributed by atoms with Crippen molar-refractivity contribution in [1.29, 1.82) is 5.26 Å². The van der Waals surface area contributed by atoms with Crippen molar-refractivity contribution in [3.63, 3.8) is 0 Å². The van der Waals surface area contributed by atoms with Gasteiger partial charge in [0.1, 0.15) is 12.3 Å². The fraction of sp³-hybridized carbons (Fsp3) is 0.227. The second-order valence-electron chi connectivity index (χ2n) is 6.51. The first-order valence-electron chi connectivity index (χ1n) is 9.20. The second kappa shape index (κ2) is 9.45. The number of ether oxygens (including phenoxy) is 2. The number of halogens is 1. The van der Waals surface area contributed by atoms with Gasteiger partial charge in [0, 0.05) is 19.2 Å². The van der Waals surface area contributed by atoms with Gasteiger partial charge in [-0.1, -0.05) is 18.2 Å². The lowest BCUT2D eigenvalue weighted by molar-refractivity contribution is -0.122. The van der Waals surface area contributed by atoms with E-state index in [0.29, 0.717) is 34.4 Å². The number of amides is 1. The first-order chi connectivity index (χ1) is 14.4. The van der Waals surface area contributed by atoms with E-state index >= 15 is 0 Å². The number of methoxy groups -OCH3 is 1. The average molecular weight is 533 g/mol. The van der Waals surface area contributed by atoms with Crippen molar-refractivity contribution < 1.29 is 14.3 Å². The minimum Gasteiger partial charge on any atom is -0.493 e. The second-order valence-corrected chi connectivity index (χ2v) is 8.04. The topological polar surface area (TPSA) is 65.8 Å². The van der Waals surface area contributed by atoms with Crippen molar-refractivity contribution >= 4 is 51.9 Å². The molecule has 154 valence electrons. The van der Waals surface area contributed by atoms with Gasteiger partial charge in [-0.3, -0.25) is 9.69 Å². The summed E-state index contributed by atoms with van der Waals surface area (Å²) in [5, 5.41) is 9.75. The van der Waals surface area contributed by atoms with Crippen LogP contribution in [0, 0.1) is 14.9 Å². The van der Waals surface area contributed by atoms with Gasteiger partial charge in [-0.25, -0.2) is 0 Å². The zero-order chi connectivity index (χ0) is 21.8. The maximum atomic E-state index is 12.6. The molecule has 0 saturated carbocycles. The Balaban J connectivity index is 1.90. The summed E-state index contributed by atoms with van der Waals surface area (Å²) in [6.45, 7) is 2.66. The summed E-state index contributed by atoms with van der Waals surface area (Å²) in [6, 6.07) is 13.2. The van der Waals surface area contributed by atoms with Gasteiger partial charge in [0.2, 0.25) is 0 Å². The number of thiocarbonyl (C=S) groups is 1. The van der Waals surface area contributed by atoms with Crippen molar-refractivity contribution in [2.75, 3.05) is 20.7 Å². The van der Waals surface area contributed by atoms with Crippen molar-refractivity contribution in [3.8, 4) is 17.6 Å². The number of hydrogen-bond donors (Lipinski definition) is 0. The number of hydrogen-bond acceptors (Lipinski definition) is 5. The maximum Gasteiger partial charge on any atom is 0.276 e. The molecule has 0 radical (unpaired) electrons. The Bertz CT molecular complexity index is 1080. The molecule has 6 nitrogen and oxygen atoms in total. The van der Waals surface area contributed by atoms with E-state index in [-0.39, 0.29) is 12.5 Å². The lowest BCUT2D eigenvalue weighted by atomic mass is 10.1. The number of carbonyl (C=O) groups excluding carboxylic acids is 1. The van der Waals surface area contributed by atoms with Crippen molar-refractivity contribution in [1.82, 2.24) is 9.80 Å². The fourth-order valence-electron chi connectivity index (χ4n) is 3.12. The van der Waals surface area contributed by atoms with Crippen LogP contribution in [0.25, 0.3) is 6.08 Å². The number of rotatable bonds is 6. The van der Waals surface area contributed by atoms with E-state index in [4.69, 9.17) is 21.7 Å². The van der Waals surface area contributed by atoms with Gasteiger partial charge >= 0.3 is 0 Å². The molecule has 0 unspecified atom stereocenters. The number of benzene rings is 2. The van der Waals surface area contributed by atoms with E-state index in [1.54, 1.807) is 36.1 Å². The summed E-state index contributed by atoms with van der Waals surface area (Å²) >= 11 is 7.52.